The number of amides is 2. The molecule has 4 rings (SSSR count). The molecule has 0 unspecified atom stereocenters. The molecule has 0 saturated heterocycles. The van der Waals surface area contributed by atoms with Gasteiger partial charge in [-0.05, 0) is 81.3 Å². The van der Waals surface area contributed by atoms with E-state index in [9.17, 15) is 14.0 Å². The predicted molar refractivity (Wildman–Crippen MR) is 136 cm³/mol. The third-order valence-corrected chi connectivity index (χ3v) is 5.52. The molecule has 4 aromatic rings. The molecule has 37 heavy (non-hydrogen) atoms. The predicted octanol–water partition coefficient (Wildman–Crippen LogP) is 4.38. The fraction of sp³-hybridized carbons (Fsp3) is 0.296. The van der Waals surface area contributed by atoms with E-state index in [1.807, 2.05) is 39.8 Å². The van der Waals surface area contributed by atoms with Gasteiger partial charge < -0.3 is 9.73 Å². The summed E-state index contributed by atoms with van der Waals surface area (Å²) in [5.74, 6) is 0.0611. The van der Waals surface area contributed by atoms with Crippen LogP contribution in [0.3, 0.4) is 0 Å². The summed E-state index contributed by atoms with van der Waals surface area (Å²) in [7, 11) is 0. The van der Waals surface area contributed by atoms with Crippen LogP contribution < -0.4 is 10.2 Å². The third kappa shape index (κ3) is 6.08. The van der Waals surface area contributed by atoms with Gasteiger partial charge in [-0.15, -0.1) is 10.2 Å². The van der Waals surface area contributed by atoms with Crippen LogP contribution in [0.2, 0.25) is 0 Å². The fourth-order valence-electron chi connectivity index (χ4n) is 3.91. The summed E-state index contributed by atoms with van der Waals surface area (Å²) < 4.78 is 19.3. The molecule has 0 spiro atoms. The zero-order chi connectivity index (χ0) is 26.7. The summed E-state index contributed by atoms with van der Waals surface area (Å²) in [6.07, 6.45) is 0. The Morgan fingerprint density at radius 3 is 2.38 bits per heavy atom. The van der Waals surface area contributed by atoms with E-state index in [-0.39, 0.29) is 12.4 Å². The van der Waals surface area contributed by atoms with Crippen molar-refractivity contribution in [2.45, 2.75) is 52.7 Å². The van der Waals surface area contributed by atoms with Crippen molar-refractivity contribution in [1.82, 2.24) is 25.5 Å². The van der Waals surface area contributed by atoms with Crippen molar-refractivity contribution in [3.63, 3.8) is 0 Å². The van der Waals surface area contributed by atoms with Crippen molar-refractivity contribution in [3.05, 3.63) is 83.4 Å². The van der Waals surface area contributed by atoms with E-state index in [1.165, 1.54) is 29.2 Å². The molecule has 0 fully saturated rings. The molecule has 2 heterocycles. The number of hydrogen-bond acceptors (Lipinski definition) is 6. The molecule has 9 nitrogen and oxygen atoms in total. The Bertz CT molecular complexity index is 1400. The molecule has 0 saturated carbocycles. The Morgan fingerprint density at radius 1 is 1.05 bits per heavy atom. The van der Waals surface area contributed by atoms with E-state index in [4.69, 9.17) is 4.42 Å². The zero-order valence-corrected chi connectivity index (χ0v) is 21.4. The molecule has 1 atom stereocenters. The van der Waals surface area contributed by atoms with Gasteiger partial charge in [0.25, 0.3) is 5.91 Å². The highest BCUT2D eigenvalue weighted by Crippen LogP contribution is 2.31. The van der Waals surface area contributed by atoms with Crippen LogP contribution in [0.1, 0.15) is 43.7 Å². The van der Waals surface area contributed by atoms with Crippen molar-refractivity contribution in [2.75, 3.05) is 4.90 Å². The van der Waals surface area contributed by atoms with Crippen LogP contribution in [-0.2, 0) is 16.1 Å². The van der Waals surface area contributed by atoms with Crippen LogP contribution in [0, 0.1) is 19.7 Å². The smallest absolute Gasteiger partial charge is 0.251 e. The number of furan rings is 1. The second kappa shape index (κ2) is 10.3. The maximum absolute atomic E-state index is 13.9. The molecule has 0 radical (unpaired) electrons. The fourth-order valence-corrected chi connectivity index (χ4v) is 3.91. The van der Waals surface area contributed by atoms with Gasteiger partial charge in [-0.25, -0.2) is 4.39 Å². The second-order valence-electron chi connectivity index (χ2n) is 9.80. The number of aryl methyl sites for hydroxylation is 2. The Morgan fingerprint density at radius 2 is 1.76 bits per heavy atom. The number of para-hydroxylation sites is 1. The van der Waals surface area contributed by atoms with Crippen LogP contribution in [0.15, 0.2) is 65.1 Å². The minimum atomic E-state index is -1.08. The largest absolute Gasteiger partial charge is 0.458 e. The van der Waals surface area contributed by atoms with Gasteiger partial charge in [0.15, 0.2) is 5.76 Å². The number of rotatable bonds is 7. The van der Waals surface area contributed by atoms with Crippen LogP contribution in [0.5, 0.6) is 0 Å². The molecule has 2 aromatic carbocycles. The van der Waals surface area contributed by atoms with Gasteiger partial charge in [-0.2, -0.15) is 4.80 Å². The van der Waals surface area contributed by atoms with E-state index in [1.54, 1.807) is 31.2 Å². The second-order valence-corrected chi connectivity index (χ2v) is 9.80. The van der Waals surface area contributed by atoms with E-state index in [0.717, 1.165) is 10.4 Å². The van der Waals surface area contributed by atoms with Crippen molar-refractivity contribution in [3.8, 4) is 11.6 Å². The Kier molecular flexibility index (Phi) is 7.19. The molecule has 2 amide bonds. The molecule has 0 bridgehead atoms. The SMILES string of the molecule is Cc1ccc(-c2nnn(CC(=O)N(c3ccccc3C)[C@@H](C(=O)NC(C)(C)C)c3ccc(F)cc3)n2)o1. The molecule has 10 heteroatoms. The van der Waals surface area contributed by atoms with Crippen molar-refractivity contribution in [1.29, 1.82) is 0 Å². The lowest BCUT2D eigenvalue weighted by Crippen LogP contribution is -2.50. The summed E-state index contributed by atoms with van der Waals surface area (Å²) in [5.41, 5.74) is 1.20. The van der Waals surface area contributed by atoms with Crippen molar-refractivity contribution >= 4 is 17.5 Å². The zero-order valence-electron chi connectivity index (χ0n) is 21.4. The number of nitrogens with one attached hydrogen (secondary N) is 1. The lowest BCUT2D eigenvalue weighted by atomic mass is 10.00. The van der Waals surface area contributed by atoms with E-state index < -0.39 is 29.2 Å². The normalized spacial score (nSPS) is 12.3. The number of anilines is 1. The maximum Gasteiger partial charge on any atom is 0.251 e. The lowest BCUT2D eigenvalue weighted by molar-refractivity contribution is -0.128. The van der Waals surface area contributed by atoms with Gasteiger partial charge in [0.1, 0.15) is 24.2 Å². The third-order valence-electron chi connectivity index (χ3n) is 5.52. The van der Waals surface area contributed by atoms with Gasteiger partial charge >= 0.3 is 0 Å². The van der Waals surface area contributed by atoms with Gasteiger partial charge in [0, 0.05) is 11.2 Å². The van der Waals surface area contributed by atoms with Gasteiger partial charge in [-0.3, -0.25) is 14.5 Å². The maximum atomic E-state index is 13.9. The first-order valence-corrected chi connectivity index (χ1v) is 11.8. The van der Waals surface area contributed by atoms with Gasteiger partial charge in [-0.1, -0.05) is 30.3 Å². The minimum Gasteiger partial charge on any atom is -0.458 e. The van der Waals surface area contributed by atoms with Crippen LogP contribution in [0.4, 0.5) is 10.1 Å². The number of aromatic nitrogens is 4. The molecule has 192 valence electrons. The van der Waals surface area contributed by atoms with Crippen molar-refractivity contribution < 1.29 is 18.4 Å². The number of tetrazole rings is 1. The molecule has 0 aliphatic rings. The average molecular weight is 505 g/mol. The number of benzene rings is 2. The Balaban J connectivity index is 1.76. The molecule has 2 aromatic heterocycles. The van der Waals surface area contributed by atoms with Crippen molar-refractivity contribution in [2.24, 2.45) is 0 Å². The Labute approximate surface area is 214 Å². The molecule has 0 aliphatic heterocycles. The summed E-state index contributed by atoms with van der Waals surface area (Å²) in [5, 5.41) is 15.2. The standard InChI is InChI=1S/C27H29FN6O3/c1-17-8-6-7-9-21(17)34(23(35)16-33-31-25(30-32-33)22-15-10-18(2)37-22)24(26(36)29-27(3,4)5)19-11-13-20(28)14-12-19/h6-15,24H,16H2,1-5H3,(H,29,36)/t24-/m1/s1. The minimum absolute atomic E-state index is 0.240. The molecular formula is C27H29FN6O3. The van der Waals surface area contributed by atoms with E-state index in [2.05, 4.69) is 20.7 Å². The summed E-state index contributed by atoms with van der Waals surface area (Å²) in [6.45, 7) is 8.92. The topological polar surface area (TPSA) is 106 Å². The number of hydrogen-bond donors (Lipinski definition) is 1. The highest BCUT2D eigenvalue weighted by atomic mass is 19.1. The lowest BCUT2D eigenvalue weighted by Gasteiger charge is -2.34. The average Bonchev–Trinajstić information content (AvgIpc) is 3.46. The first kappa shape index (κ1) is 25.7. The van der Waals surface area contributed by atoms with Gasteiger partial charge in [0.2, 0.25) is 11.7 Å². The highest BCUT2D eigenvalue weighted by Gasteiger charge is 2.35. The van der Waals surface area contributed by atoms with Crippen LogP contribution >= 0.6 is 0 Å². The summed E-state index contributed by atoms with van der Waals surface area (Å²) >= 11 is 0. The number of carbonyl (C=O) groups excluding carboxylic acids is 2. The monoisotopic (exact) mass is 504 g/mol. The van der Waals surface area contributed by atoms with E-state index >= 15 is 0 Å². The molecule has 0 aliphatic carbocycles. The summed E-state index contributed by atoms with van der Waals surface area (Å²) in [4.78, 5) is 30.1. The van der Waals surface area contributed by atoms with E-state index in [0.29, 0.717) is 22.8 Å². The number of halogens is 1. The number of carbonyl (C=O) groups is 2. The van der Waals surface area contributed by atoms with Crippen LogP contribution in [-0.4, -0.2) is 37.6 Å². The quantitative estimate of drug-likeness (QED) is 0.400. The first-order chi connectivity index (χ1) is 17.5. The Hall–Kier alpha value is -4.34. The first-order valence-electron chi connectivity index (χ1n) is 11.8. The molecule has 1 N–H and O–H groups in total. The van der Waals surface area contributed by atoms with Crippen LogP contribution in [0.25, 0.3) is 11.6 Å². The van der Waals surface area contributed by atoms with Gasteiger partial charge in [0.05, 0.1) is 0 Å². The number of nitrogens with zero attached hydrogens (tertiary/aromatic N) is 5. The molecular weight excluding hydrogens is 475 g/mol. The highest BCUT2D eigenvalue weighted by molar-refractivity contribution is 6.01. The summed E-state index contributed by atoms with van der Waals surface area (Å²) in [6, 6.07) is 15.2.